The van der Waals surface area contributed by atoms with Crippen LogP contribution in [0.2, 0.25) is 5.02 Å². The van der Waals surface area contributed by atoms with E-state index in [0.717, 1.165) is 0 Å². The van der Waals surface area contributed by atoms with Crippen molar-refractivity contribution in [2.75, 3.05) is 49.1 Å². The Bertz CT molecular complexity index is 1260. The molecule has 3 aromatic rings. The molecule has 3 heterocycles. The maximum Gasteiger partial charge on any atom is 0.251 e. The maximum atomic E-state index is 13.5. The van der Waals surface area contributed by atoms with E-state index >= 15 is 0 Å². The van der Waals surface area contributed by atoms with Crippen molar-refractivity contribution in [3.05, 3.63) is 47.6 Å². The number of methoxy groups -OCH3 is 1. The minimum atomic E-state index is -2.63. The van der Waals surface area contributed by atoms with Gasteiger partial charge in [-0.25, -0.2) is 13.8 Å². The van der Waals surface area contributed by atoms with Crippen LogP contribution in [0.4, 0.5) is 37.7 Å². The lowest BCUT2D eigenvalue weighted by molar-refractivity contribution is -0.0221. The van der Waals surface area contributed by atoms with Crippen LogP contribution < -0.4 is 25.6 Å². The van der Waals surface area contributed by atoms with Crippen molar-refractivity contribution < 1.29 is 18.1 Å². The number of nitrogens with one attached hydrogen (secondary N) is 2. The van der Waals surface area contributed by atoms with E-state index in [1.54, 1.807) is 31.5 Å². The number of pyridine rings is 1. The zero-order valence-corrected chi connectivity index (χ0v) is 21.2. The van der Waals surface area contributed by atoms with E-state index in [0.29, 0.717) is 28.3 Å². The highest BCUT2D eigenvalue weighted by atomic mass is 35.5. The molecular formula is C23H26ClF2N6O2P. The molecule has 0 saturated carbocycles. The number of piperidine rings is 1. The van der Waals surface area contributed by atoms with Crippen LogP contribution in [-0.2, 0) is 4.57 Å². The molecule has 0 amide bonds. The molecule has 0 aliphatic carbocycles. The lowest BCUT2D eigenvalue weighted by Crippen LogP contribution is -2.39. The molecular weight excluding hydrogens is 497 g/mol. The second-order valence-corrected chi connectivity index (χ2v) is 12.2. The summed E-state index contributed by atoms with van der Waals surface area (Å²) in [6.45, 7) is 3.82. The number of rotatable bonds is 7. The van der Waals surface area contributed by atoms with Crippen molar-refractivity contribution in [1.82, 2.24) is 15.0 Å². The van der Waals surface area contributed by atoms with Crippen molar-refractivity contribution in [2.24, 2.45) is 0 Å². The molecule has 4 rings (SSSR count). The highest BCUT2D eigenvalue weighted by molar-refractivity contribution is 7.70. The van der Waals surface area contributed by atoms with E-state index in [4.69, 9.17) is 16.3 Å². The van der Waals surface area contributed by atoms with Gasteiger partial charge in [-0.3, -0.25) is 0 Å². The molecule has 186 valence electrons. The second kappa shape index (κ2) is 9.95. The number of anilines is 5. The molecule has 0 spiro atoms. The van der Waals surface area contributed by atoms with Gasteiger partial charge in [0.15, 0.2) is 5.82 Å². The molecule has 1 fully saturated rings. The van der Waals surface area contributed by atoms with Crippen LogP contribution in [0.1, 0.15) is 12.8 Å². The van der Waals surface area contributed by atoms with Gasteiger partial charge < -0.3 is 24.8 Å². The predicted molar refractivity (Wildman–Crippen MR) is 136 cm³/mol. The van der Waals surface area contributed by atoms with Gasteiger partial charge in [0.05, 0.1) is 19.0 Å². The number of hydrogen-bond donors (Lipinski definition) is 2. The number of nitrogens with zero attached hydrogens (tertiary/aromatic N) is 4. The van der Waals surface area contributed by atoms with Crippen molar-refractivity contribution in [1.29, 1.82) is 0 Å². The van der Waals surface area contributed by atoms with E-state index in [-0.39, 0.29) is 42.8 Å². The van der Waals surface area contributed by atoms with Crippen LogP contribution >= 0.6 is 18.7 Å². The molecule has 35 heavy (non-hydrogen) atoms. The number of hydrogen-bond acceptors (Lipinski definition) is 8. The van der Waals surface area contributed by atoms with Crippen LogP contribution in [0, 0.1) is 0 Å². The molecule has 1 aromatic carbocycles. The van der Waals surface area contributed by atoms with Gasteiger partial charge >= 0.3 is 0 Å². The summed E-state index contributed by atoms with van der Waals surface area (Å²) in [7, 11) is -1.07. The highest BCUT2D eigenvalue weighted by Gasteiger charge is 2.34. The quantitative estimate of drug-likeness (QED) is 0.393. The standard InChI is InChI=1S/C23H26ClF2N6O2P/c1-34-21-17(8-9-19(30-21)32-12-10-23(25,26)11-13-32)29-22-27-14-15(24)20(31-22)28-16-6-4-5-7-18(16)35(2,3)33/h4-9,14H,10-13H2,1-3H3,(H2,27,28,29,31). The molecule has 0 unspecified atom stereocenters. The van der Waals surface area contributed by atoms with E-state index in [2.05, 4.69) is 25.6 Å². The normalized spacial score (nSPS) is 15.5. The zero-order valence-electron chi connectivity index (χ0n) is 19.6. The summed E-state index contributed by atoms with van der Waals surface area (Å²) in [5.41, 5.74) is 1.14. The summed E-state index contributed by atoms with van der Waals surface area (Å²) in [6, 6.07) is 10.7. The molecule has 1 aliphatic heterocycles. The molecule has 8 nitrogen and oxygen atoms in total. The zero-order chi connectivity index (χ0) is 25.2. The van der Waals surface area contributed by atoms with Gasteiger partial charge in [-0.15, -0.1) is 0 Å². The molecule has 1 saturated heterocycles. The number of benzene rings is 1. The minimum absolute atomic E-state index is 0.208. The first-order valence-corrected chi connectivity index (χ1v) is 13.9. The summed E-state index contributed by atoms with van der Waals surface area (Å²) < 4.78 is 45.1. The Hall–Kier alpha value is -2.97. The molecule has 0 atom stereocenters. The highest BCUT2D eigenvalue weighted by Crippen LogP contribution is 2.39. The average molecular weight is 523 g/mol. The largest absolute Gasteiger partial charge is 0.479 e. The first-order chi connectivity index (χ1) is 16.6. The molecule has 0 radical (unpaired) electrons. The third kappa shape index (κ3) is 6.00. The van der Waals surface area contributed by atoms with Crippen molar-refractivity contribution in [2.45, 2.75) is 18.8 Å². The SMILES string of the molecule is COc1nc(N2CCC(F)(F)CC2)ccc1Nc1ncc(Cl)c(Nc2ccccc2P(C)(C)=O)n1. The van der Waals surface area contributed by atoms with Gasteiger partial charge in [0.25, 0.3) is 5.92 Å². The minimum Gasteiger partial charge on any atom is -0.479 e. The summed E-state index contributed by atoms with van der Waals surface area (Å²) in [5, 5.41) is 7.18. The van der Waals surface area contributed by atoms with E-state index in [9.17, 15) is 13.3 Å². The number of alkyl halides is 2. The van der Waals surface area contributed by atoms with Gasteiger partial charge in [-0.05, 0) is 37.6 Å². The fraction of sp³-hybridized carbons (Fsp3) is 0.348. The maximum absolute atomic E-state index is 13.5. The Labute approximate surface area is 207 Å². The smallest absolute Gasteiger partial charge is 0.251 e. The first kappa shape index (κ1) is 25.1. The Morgan fingerprint density at radius 2 is 1.77 bits per heavy atom. The average Bonchev–Trinajstić information content (AvgIpc) is 2.81. The molecule has 2 aromatic heterocycles. The summed E-state index contributed by atoms with van der Waals surface area (Å²) in [6.07, 6.45) is 1.03. The lowest BCUT2D eigenvalue weighted by atomic mass is 10.1. The molecule has 1 aliphatic rings. The number of halogens is 3. The van der Waals surface area contributed by atoms with Crippen molar-refractivity contribution in [3.63, 3.8) is 0 Å². The number of aromatic nitrogens is 3. The fourth-order valence-corrected chi connectivity index (χ4v) is 5.03. The van der Waals surface area contributed by atoms with Crippen LogP contribution in [0.5, 0.6) is 5.88 Å². The topological polar surface area (TPSA) is 92.3 Å². The van der Waals surface area contributed by atoms with Gasteiger partial charge in [0.2, 0.25) is 11.8 Å². The lowest BCUT2D eigenvalue weighted by Gasteiger charge is -2.32. The van der Waals surface area contributed by atoms with Gasteiger partial charge in [0.1, 0.15) is 23.7 Å². The Morgan fingerprint density at radius 3 is 2.46 bits per heavy atom. The Balaban J connectivity index is 1.56. The first-order valence-electron chi connectivity index (χ1n) is 10.9. The monoisotopic (exact) mass is 522 g/mol. The fourth-order valence-electron chi connectivity index (χ4n) is 3.73. The second-order valence-electron chi connectivity index (χ2n) is 8.58. The van der Waals surface area contributed by atoms with Crippen LogP contribution in [-0.4, -0.2) is 54.4 Å². The molecule has 0 bridgehead atoms. The third-order valence-electron chi connectivity index (χ3n) is 5.59. The summed E-state index contributed by atoms with van der Waals surface area (Å²) in [4.78, 5) is 15.0. The number of ether oxygens (including phenoxy) is 1. The predicted octanol–water partition coefficient (Wildman–Crippen LogP) is 5.50. The van der Waals surface area contributed by atoms with Gasteiger partial charge in [-0.2, -0.15) is 9.97 Å². The third-order valence-corrected chi connectivity index (χ3v) is 7.41. The van der Waals surface area contributed by atoms with Gasteiger partial charge in [-0.1, -0.05) is 23.7 Å². The van der Waals surface area contributed by atoms with E-state index < -0.39 is 13.1 Å². The van der Waals surface area contributed by atoms with Crippen molar-refractivity contribution >= 4 is 53.0 Å². The van der Waals surface area contributed by atoms with E-state index in [1.165, 1.54) is 13.3 Å². The van der Waals surface area contributed by atoms with Crippen molar-refractivity contribution in [3.8, 4) is 5.88 Å². The molecule has 12 heteroatoms. The van der Waals surface area contributed by atoms with Crippen LogP contribution in [0.25, 0.3) is 0 Å². The van der Waals surface area contributed by atoms with Crippen LogP contribution in [0.3, 0.4) is 0 Å². The molecule has 2 N–H and O–H groups in total. The van der Waals surface area contributed by atoms with E-state index in [1.807, 2.05) is 23.1 Å². The van der Waals surface area contributed by atoms with Gasteiger partial charge in [0, 0.05) is 31.2 Å². The number of para-hydroxylation sites is 1. The summed E-state index contributed by atoms with van der Waals surface area (Å²) >= 11 is 6.32. The summed E-state index contributed by atoms with van der Waals surface area (Å²) in [5.74, 6) is -1.23. The Morgan fingerprint density at radius 1 is 1.06 bits per heavy atom. The van der Waals surface area contributed by atoms with Crippen LogP contribution in [0.15, 0.2) is 42.6 Å². The Kier molecular flexibility index (Phi) is 7.15.